The first-order valence-corrected chi connectivity index (χ1v) is 9.19. The number of rotatable bonds is 6. The maximum Gasteiger partial charge on any atom is 0.250 e. The first kappa shape index (κ1) is 17.5. The third kappa shape index (κ3) is 3.69. The quantitative estimate of drug-likeness (QED) is 0.862. The van der Waals surface area contributed by atoms with Crippen LogP contribution < -0.4 is 10.1 Å². The van der Waals surface area contributed by atoms with Crippen molar-refractivity contribution in [3.05, 3.63) is 46.7 Å². The third-order valence-corrected chi connectivity index (χ3v) is 5.64. The number of likely N-dealkylation sites (tertiary alicyclic amines) is 1. The number of carbonyl (C=O) groups is 2. The lowest BCUT2D eigenvalue weighted by molar-refractivity contribution is -0.154. The molecule has 2 aromatic rings. The highest BCUT2D eigenvalue weighted by molar-refractivity contribution is 7.09. The molecule has 0 radical (unpaired) electrons. The van der Waals surface area contributed by atoms with E-state index in [0.29, 0.717) is 30.8 Å². The molecule has 3 rings (SSSR count). The van der Waals surface area contributed by atoms with Gasteiger partial charge in [0.2, 0.25) is 11.8 Å². The summed E-state index contributed by atoms with van der Waals surface area (Å²) < 4.78 is 5.17. The maximum atomic E-state index is 12.7. The predicted molar refractivity (Wildman–Crippen MR) is 99.0 cm³/mol. The number of methoxy groups -OCH3 is 1. The topological polar surface area (TPSA) is 58.6 Å². The monoisotopic (exact) mass is 358 g/mol. The van der Waals surface area contributed by atoms with Crippen molar-refractivity contribution < 1.29 is 14.3 Å². The lowest BCUT2D eigenvalue weighted by Crippen LogP contribution is -2.66. The number of nitrogens with one attached hydrogen (secondary N) is 1. The van der Waals surface area contributed by atoms with E-state index >= 15 is 0 Å². The minimum atomic E-state index is -0.782. The van der Waals surface area contributed by atoms with Crippen LogP contribution in [0.5, 0.6) is 5.75 Å². The molecule has 0 spiro atoms. The molecule has 25 heavy (non-hydrogen) atoms. The zero-order valence-corrected chi connectivity index (χ0v) is 15.3. The lowest BCUT2D eigenvalue weighted by Gasteiger charge is -2.49. The van der Waals surface area contributed by atoms with Gasteiger partial charge < -0.3 is 15.0 Å². The molecular formula is C19H22N2O3S. The molecule has 1 aromatic carbocycles. The van der Waals surface area contributed by atoms with Crippen LogP contribution >= 0.6 is 11.3 Å². The second-order valence-corrected chi connectivity index (χ2v) is 7.37. The van der Waals surface area contributed by atoms with Gasteiger partial charge in [0, 0.05) is 29.6 Å². The first-order chi connectivity index (χ1) is 12.0. The van der Waals surface area contributed by atoms with Crippen molar-refractivity contribution in [1.82, 2.24) is 4.90 Å². The van der Waals surface area contributed by atoms with Gasteiger partial charge in [0.05, 0.1) is 7.11 Å². The highest BCUT2D eigenvalue weighted by atomic mass is 32.1. The van der Waals surface area contributed by atoms with E-state index in [9.17, 15) is 9.59 Å². The number of hydrogen-bond donors (Lipinski definition) is 1. The Kier molecular flexibility index (Phi) is 5.08. The van der Waals surface area contributed by atoms with Crippen molar-refractivity contribution in [3.8, 4) is 5.75 Å². The normalized spacial score (nSPS) is 19.2. The highest BCUT2D eigenvalue weighted by Crippen LogP contribution is 2.33. The van der Waals surface area contributed by atoms with Gasteiger partial charge in [0.25, 0.3) is 0 Å². The van der Waals surface area contributed by atoms with Crippen LogP contribution in [-0.4, -0.2) is 35.9 Å². The molecule has 5 nitrogen and oxygen atoms in total. The van der Waals surface area contributed by atoms with Gasteiger partial charge in [0.15, 0.2) is 0 Å². The Morgan fingerprint density at radius 3 is 2.80 bits per heavy atom. The van der Waals surface area contributed by atoms with Crippen LogP contribution in [0.2, 0.25) is 0 Å². The lowest BCUT2D eigenvalue weighted by atomic mass is 9.85. The average molecular weight is 358 g/mol. The van der Waals surface area contributed by atoms with Gasteiger partial charge in [-0.05, 0) is 43.3 Å². The second-order valence-electron chi connectivity index (χ2n) is 6.33. The molecule has 0 bridgehead atoms. The minimum absolute atomic E-state index is 0.0305. The molecule has 132 valence electrons. The Balaban J connectivity index is 1.61. The van der Waals surface area contributed by atoms with Crippen LogP contribution in [0.3, 0.4) is 0 Å². The molecule has 2 amide bonds. The van der Waals surface area contributed by atoms with E-state index in [1.54, 1.807) is 29.4 Å². The van der Waals surface area contributed by atoms with Crippen molar-refractivity contribution >= 4 is 28.8 Å². The van der Waals surface area contributed by atoms with Gasteiger partial charge in [-0.25, -0.2) is 0 Å². The number of carbonyl (C=O) groups excluding carboxylic acids is 2. The predicted octanol–water partition coefficient (Wildman–Crippen LogP) is 3.32. The number of thiophene rings is 1. The van der Waals surface area contributed by atoms with Gasteiger partial charge in [-0.15, -0.1) is 11.3 Å². The van der Waals surface area contributed by atoms with Crippen LogP contribution in [0.25, 0.3) is 0 Å². The van der Waals surface area contributed by atoms with Crippen molar-refractivity contribution in [3.63, 3.8) is 0 Å². The van der Waals surface area contributed by atoms with E-state index in [0.717, 1.165) is 6.42 Å². The Morgan fingerprint density at radius 2 is 2.16 bits per heavy atom. The number of ether oxygens (including phenoxy) is 1. The summed E-state index contributed by atoms with van der Waals surface area (Å²) in [5, 5.41) is 4.91. The molecule has 1 atom stereocenters. The summed E-state index contributed by atoms with van der Waals surface area (Å²) in [6.07, 6.45) is 1.83. The summed E-state index contributed by atoms with van der Waals surface area (Å²) in [6, 6.07) is 11.2. The fraction of sp³-hybridized carbons (Fsp3) is 0.368. The van der Waals surface area contributed by atoms with Crippen molar-refractivity contribution in [2.45, 2.75) is 31.7 Å². The Bertz CT molecular complexity index is 760. The number of amides is 2. The van der Waals surface area contributed by atoms with E-state index in [1.165, 1.54) is 4.88 Å². The number of hydrogen-bond acceptors (Lipinski definition) is 4. The summed E-state index contributed by atoms with van der Waals surface area (Å²) in [5.41, 5.74) is -0.112. The fourth-order valence-electron chi connectivity index (χ4n) is 2.98. The summed E-state index contributed by atoms with van der Waals surface area (Å²) >= 11 is 1.65. The van der Waals surface area contributed by atoms with E-state index in [-0.39, 0.29) is 11.8 Å². The first-order valence-electron chi connectivity index (χ1n) is 8.31. The molecule has 0 saturated carbocycles. The summed E-state index contributed by atoms with van der Waals surface area (Å²) in [4.78, 5) is 28.1. The Hall–Kier alpha value is -2.34. The minimum Gasteiger partial charge on any atom is -0.497 e. The number of nitrogens with zero attached hydrogens (tertiary/aromatic N) is 1. The van der Waals surface area contributed by atoms with Crippen molar-refractivity contribution in [2.24, 2.45) is 0 Å². The Morgan fingerprint density at radius 1 is 1.32 bits per heavy atom. The molecule has 1 saturated heterocycles. The molecule has 1 N–H and O–H groups in total. The zero-order valence-electron chi connectivity index (χ0n) is 14.5. The molecule has 1 aliphatic rings. The average Bonchev–Trinajstić information content (AvgIpc) is 3.12. The molecule has 6 heteroatoms. The summed E-state index contributed by atoms with van der Waals surface area (Å²) in [5.74, 6) is 0.555. The highest BCUT2D eigenvalue weighted by Gasteiger charge is 2.49. The molecule has 2 heterocycles. The number of anilines is 1. The third-order valence-electron chi connectivity index (χ3n) is 4.70. The zero-order chi connectivity index (χ0) is 17.9. The maximum absolute atomic E-state index is 12.7. The smallest absolute Gasteiger partial charge is 0.250 e. The Labute approximate surface area is 151 Å². The summed E-state index contributed by atoms with van der Waals surface area (Å²) in [7, 11) is 1.59. The molecule has 1 aromatic heterocycles. The molecule has 1 fully saturated rings. The molecule has 1 unspecified atom stereocenters. The number of benzene rings is 1. The standard InChI is InChI=1S/C19H22N2O3S/c1-19(18(23)20-14-5-3-6-15(13-14)24-2)10-11-21(19)17(22)9-8-16-7-4-12-25-16/h3-7,12-13H,8-11H2,1-2H3,(H,20,23). The van der Waals surface area contributed by atoms with Crippen LogP contribution in [0.1, 0.15) is 24.6 Å². The van der Waals surface area contributed by atoms with E-state index in [2.05, 4.69) is 5.32 Å². The van der Waals surface area contributed by atoms with Gasteiger partial charge >= 0.3 is 0 Å². The van der Waals surface area contributed by atoms with Crippen LogP contribution in [0, 0.1) is 0 Å². The van der Waals surface area contributed by atoms with Crippen LogP contribution in [0.15, 0.2) is 41.8 Å². The molecule has 0 aliphatic carbocycles. The fourth-order valence-corrected chi connectivity index (χ4v) is 3.69. The van der Waals surface area contributed by atoms with E-state index < -0.39 is 5.54 Å². The van der Waals surface area contributed by atoms with Gasteiger partial charge in [-0.3, -0.25) is 9.59 Å². The van der Waals surface area contributed by atoms with Crippen molar-refractivity contribution in [1.29, 1.82) is 0 Å². The van der Waals surface area contributed by atoms with Gasteiger partial charge in [-0.1, -0.05) is 12.1 Å². The van der Waals surface area contributed by atoms with Crippen molar-refractivity contribution in [2.75, 3.05) is 19.0 Å². The summed E-state index contributed by atoms with van der Waals surface area (Å²) in [6.45, 7) is 2.46. The van der Waals surface area contributed by atoms with Crippen LogP contribution in [-0.2, 0) is 16.0 Å². The largest absolute Gasteiger partial charge is 0.497 e. The second kappa shape index (κ2) is 7.27. The van der Waals surface area contributed by atoms with Gasteiger partial charge in [0.1, 0.15) is 11.3 Å². The van der Waals surface area contributed by atoms with Gasteiger partial charge in [-0.2, -0.15) is 0 Å². The van der Waals surface area contributed by atoms with Crippen LogP contribution in [0.4, 0.5) is 5.69 Å². The van der Waals surface area contributed by atoms with E-state index in [1.807, 2.05) is 42.6 Å². The molecular weight excluding hydrogens is 336 g/mol. The SMILES string of the molecule is COc1cccc(NC(=O)C2(C)CCN2C(=O)CCc2cccs2)c1. The van der Waals surface area contributed by atoms with E-state index in [4.69, 9.17) is 4.74 Å². The molecule has 1 aliphatic heterocycles. The number of aryl methyl sites for hydroxylation is 1.